The first-order valence-corrected chi connectivity index (χ1v) is 7.81. The summed E-state index contributed by atoms with van der Waals surface area (Å²) < 4.78 is 10.8. The van der Waals surface area contributed by atoms with E-state index in [0.717, 1.165) is 38.5 Å². The first-order chi connectivity index (χ1) is 9.40. The Kier molecular flexibility index (Phi) is 7.03. The molecule has 4 heteroatoms. The lowest BCUT2D eigenvalue weighted by Crippen LogP contribution is -2.26. The van der Waals surface area contributed by atoms with E-state index in [1.807, 2.05) is 27.7 Å². The van der Waals surface area contributed by atoms with Gasteiger partial charge in [-0.3, -0.25) is 9.59 Å². The topological polar surface area (TPSA) is 52.6 Å². The predicted octanol–water partition coefficient (Wildman–Crippen LogP) is 3.48. The van der Waals surface area contributed by atoms with Crippen LogP contribution in [0.2, 0.25) is 0 Å². The van der Waals surface area contributed by atoms with E-state index < -0.39 is 0 Å². The maximum absolute atomic E-state index is 11.9. The van der Waals surface area contributed by atoms with Gasteiger partial charge in [-0.25, -0.2) is 0 Å². The Labute approximate surface area is 122 Å². The van der Waals surface area contributed by atoms with Gasteiger partial charge in [0.15, 0.2) is 0 Å². The Morgan fingerprint density at radius 1 is 0.950 bits per heavy atom. The largest absolute Gasteiger partial charge is 0.463 e. The monoisotopic (exact) mass is 284 g/mol. The maximum atomic E-state index is 11.9. The van der Waals surface area contributed by atoms with Gasteiger partial charge in [-0.1, -0.05) is 13.8 Å². The summed E-state index contributed by atoms with van der Waals surface area (Å²) in [6, 6.07) is 0. The average Bonchev–Trinajstić information content (AvgIpc) is 2.30. The molecule has 1 rings (SSSR count). The van der Waals surface area contributed by atoms with Crippen molar-refractivity contribution in [2.24, 2.45) is 11.8 Å². The van der Waals surface area contributed by atoms with E-state index in [2.05, 4.69) is 0 Å². The van der Waals surface area contributed by atoms with Crippen molar-refractivity contribution in [2.75, 3.05) is 0 Å². The maximum Gasteiger partial charge on any atom is 0.309 e. The predicted molar refractivity (Wildman–Crippen MR) is 77.1 cm³/mol. The number of carbonyl (C=O) groups is 2. The van der Waals surface area contributed by atoms with Gasteiger partial charge in [0.25, 0.3) is 0 Å². The fourth-order valence-corrected chi connectivity index (χ4v) is 2.45. The van der Waals surface area contributed by atoms with E-state index >= 15 is 0 Å². The standard InChI is InChI=1S/C16H28O4/c1-11(2)15(17)20-14-9-5-7-13(8-6-10-14)16(18)19-12(3)4/h11-14H,5-10H2,1-4H3. The van der Waals surface area contributed by atoms with Crippen LogP contribution in [0.25, 0.3) is 0 Å². The normalized spacial score (nSPS) is 24.1. The molecule has 0 aromatic heterocycles. The molecule has 0 amide bonds. The lowest BCUT2D eigenvalue weighted by molar-refractivity contribution is -0.156. The summed E-state index contributed by atoms with van der Waals surface area (Å²) in [7, 11) is 0. The van der Waals surface area contributed by atoms with Gasteiger partial charge >= 0.3 is 11.9 Å². The van der Waals surface area contributed by atoms with Gasteiger partial charge < -0.3 is 9.47 Å². The molecular weight excluding hydrogens is 256 g/mol. The molecule has 0 bridgehead atoms. The highest BCUT2D eigenvalue weighted by Gasteiger charge is 2.25. The van der Waals surface area contributed by atoms with Crippen LogP contribution in [0.1, 0.15) is 66.2 Å². The second-order valence-corrected chi connectivity index (χ2v) is 6.26. The molecular formula is C16H28O4. The number of esters is 2. The first kappa shape index (κ1) is 17.0. The van der Waals surface area contributed by atoms with Crippen LogP contribution in [0.5, 0.6) is 0 Å². The van der Waals surface area contributed by atoms with Crippen molar-refractivity contribution in [3.8, 4) is 0 Å². The number of hydrogen-bond acceptors (Lipinski definition) is 4. The van der Waals surface area contributed by atoms with E-state index in [9.17, 15) is 9.59 Å². The Morgan fingerprint density at radius 2 is 1.50 bits per heavy atom. The van der Waals surface area contributed by atoms with Crippen molar-refractivity contribution in [3.63, 3.8) is 0 Å². The zero-order chi connectivity index (χ0) is 15.1. The minimum atomic E-state index is -0.119. The van der Waals surface area contributed by atoms with E-state index in [-0.39, 0.29) is 36.0 Å². The smallest absolute Gasteiger partial charge is 0.309 e. The molecule has 4 nitrogen and oxygen atoms in total. The molecule has 0 spiro atoms. The minimum absolute atomic E-state index is 0.0131. The molecule has 0 atom stereocenters. The van der Waals surface area contributed by atoms with Gasteiger partial charge in [0.2, 0.25) is 0 Å². The van der Waals surface area contributed by atoms with Crippen molar-refractivity contribution in [1.82, 2.24) is 0 Å². The summed E-state index contributed by atoms with van der Waals surface area (Å²) in [6.07, 6.45) is 5.16. The average molecular weight is 284 g/mol. The Balaban J connectivity index is 2.39. The molecule has 1 aliphatic carbocycles. The van der Waals surface area contributed by atoms with Gasteiger partial charge in [-0.2, -0.15) is 0 Å². The van der Waals surface area contributed by atoms with Crippen molar-refractivity contribution < 1.29 is 19.1 Å². The van der Waals surface area contributed by atoms with E-state index in [0.29, 0.717) is 0 Å². The van der Waals surface area contributed by atoms with E-state index in [1.54, 1.807) is 0 Å². The number of rotatable bonds is 4. The molecule has 20 heavy (non-hydrogen) atoms. The zero-order valence-electron chi connectivity index (χ0n) is 13.2. The van der Waals surface area contributed by atoms with Crippen molar-refractivity contribution in [1.29, 1.82) is 0 Å². The number of carbonyl (C=O) groups excluding carboxylic acids is 2. The summed E-state index contributed by atoms with van der Waals surface area (Å²) in [6.45, 7) is 7.46. The van der Waals surface area contributed by atoms with Crippen LogP contribution in [-0.4, -0.2) is 24.1 Å². The molecule has 0 N–H and O–H groups in total. The third-order valence-corrected chi connectivity index (χ3v) is 3.60. The van der Waals surface area contributed by atoms with Crippen LogP contribution in [0.3, 0.4) is 0 Å². The molecule has 1 fully saturated rings. The van der Waals surface area contributed by atoms with Crippen LogP contribution < -0.4 is 0 Å². The van der Waals surface area contributed by atoms with Crippen molar-refractivity contribution in [2.45, 2.75) is 78.4 Å². The molecule has 0 radical (unpaired) electrons. The van der Waals surface area contributed by atoms with Crippen LogP contribution in [0, 0.1) is 11.8 Å². The van der Waals surface area contributed by atoms with E-state index in [4.69, 9.17) is 9.47 Å². The molecule has 1 saturated carbocycles. The molecule has 0 saturated heterocycles. The van der Waals surface area contributed by atoms with Gasteiger partial charge in [-0.15, -0.1) is 0 Å². The van der Waals surface area contributed by atoms with Crippen LogP contribution in [0.15, 0.2) is 0 Å². The fourth-order valence-electron chi connectivity index (χ4n) is 2.45. The SMILES string of the molecule is CC(C)OC(=O)C1CCCC(OC(=O)C(C)C)CCC1. The minimum Gasteiger partial charge on any atom is -0.463 e. The number of ether oxygens (including phenoxy) is 2. The highest BCUT2D eigenvalue weighted by atomic mass is 16.5. The summed E-state index contributed by atoms with van der Waals surface area (Å²) in [4.78, 5) is 23.5. The third kappa shape index (κ3) is 5.93. The highest BCUT2D eigenvalue weighted by Crippen LogP contribution is 2.26. The third-order valence-electron chi connectivity index (χ3n) is 3.60. The molecule has 0 heterocycles. The van der Waals surface area contributed by atoms with Crippen LogP contribution in [0.4, 0.5) is 0 Å². The second-order valence-electron chi connectivity index (χ2n) is 6.26. The second kappa shape index (κ2) is 8.28. The lowest BCUT2D eigenvalue weighted by Gasteiger charge is -2.25. The van der Waals surface area contributed by atoms with Gasteiger partial charge in [0.1, 0.15) is 6.10 Å². The quantitative estimate of drug-likeness (QED) is 0.742. The molecule has 0 aliphatic heterocycles. The summed E-state index contributed by atoms with van der Waals surface area (Å²) in [5.41, 5.74) is 0. The molecule has 0 unspecified atom stereocenters. The Hall–Kier alpha value is -1.06. The first-order valence-electron chi connectivity index (χ1n) is 7.81. The summed E-state index contributed by atoms with van der Waals surface area (Å²) in [5, 5.41) is 0. The fraction of sp³-hybridized carbons (Fsp3) is 0.875. The van der Waals surface area contributed by atoms with Gasteiger partial charge in [0.05, 0.1) is 17.9 Å². The molecule has 0 aromatic rings. The van der Waals surface area contributed by atoms with Crippen molar-refractivity contribution >= 4 is 11.9 Å². The Morgan fingerprint density at radius 3 is 1.95 bits per heavy atom. The molecule has 1 aliphatic rings. The molecule has 0 aromatic carbocycles. The molecule has 116 valence electrons. The summed E-state index contributed by atoms with van der Waals surface area (Å²) >= 11 is 0. The number of hydrogen-bond donors (Lipinski definition) is 0. The Bertz CT molecular complexity index is 312. The van der Waals surface area contributed by atoms with Crippen LogP contribution >= 0.6 is 0 Å². The zero-order valence-corrected chi connectivity index (χ0v) is 13.2. The summed E-state index contributed by atoms with van der Waals surface area (Å²) in [5.74, 6) is -0.252. The van der Waals surface area contributed by atoms with Gasteiger partial charge in [0, 0.05) is 0 Å². The highest BCUT2D eigenvalue weighted by molar-refractivity contribution is 5.72. The van der Waals surface area contributed by atoms with E-state index in [1.165, 1.54) is 0 Å². The lowest BCUT2D eigenvalue weighted by atomic mass is 9.90. The van der Waals surface area contributed by atoms with Gasteiger partial charge in [-0.05, 0) is 52.4 Å². The van der Waals surface area contributed by atoms with Crippen LogP contribution in [-0.2, 0) is 19.1 Å². The van der Waals surface area contributed by atoms with Crippen molar-refractivity contribution in [3.05, 3.63) is 0 Å².